The van der Waals surface area contributed by atoms with Gasteiger partial charge in [-0.25, -0.2) is 0 Å². The molecule has 0 spiro atoms. The van der Waals surface area contributed by atoms with Crippen LogP contribution in [0, 0.1) is 0 Å². The van der Waals surface area contributed by atoms with Gasteiger partial charge in [-0.2, -0.15) is 0 Å². The molecule has 3 fully saturated rings. The first kappa shape index (κ1) is 78.5. The summed E-state index contributed by atoms with van der Waals surface area (Å²) in [4.78, 5) is 0. The van der Waals surface area contributed by atoms with Crippen LogP contribution in [-0.2, 0) is 144 Å². The van der Waals surface area contributed by atoms with E-state index in [2.05, 4.69) is 0 Å². The highest BCUT2D eigenvalue weighted by Gasteiger charge is 2.60. The van der Waals surface area contributed by atoms with Crippen LogP contribution >= 0.6 is 0 Å². The average Bonchev–Trinajstić information content (AvgIpc) is 0.750. The summed E-state index contributed by atoms with van der Waals surface area (Å²) < 4.78 is 110. The molecule has 111 heavy (non-hydrogen) atoms. The molecule has 0 aromatic heterocycles. The molecule has 574 valence electrons. The molecule has 3 aliphatic rings. The SMILES string of the molecule is OC1C(O[C@H]2OC(COCc3ccccc3)[C@@H](OCc3ccccc3)[C@H](OCc3ccccc3)C2OCc2ccccc2)C(OCc2ccccc2)C(OCc2ccccc2)[C@H](OCc2ccccc2)C1O[C@H]1OC(COCc2ccccc2)[C@@H](OCc2ccccc2)C(OCc2ccccc2)[C@H]1OCc1ccccc1. The highest BCUT2D eigenvalue weighted by Crippen LogP contribution is 2.41. The van der Waals surface area contributed by atoms with Crippen molar-refractivity contribution in [2.24, 2.45) is 0 Å². The Balaban J connectivity index is 0.913. The van der Waals surface area contributed by atoms with Crippen LogP contribution in [0.15, 0.2) is 334 Å². The molecule has 2 saturated heterocycles. The molecule has 1 N–H and O–H groups in total. The van der Waals surface area contributed by atoms with E-state index in [4.69, 9.17) is 71.1 Å². The maximum Gasteiger partial charge on any atom is 0.187 e. The zero-order valence-electron chi connectivity index (χ0n) is 62.3. The number of hydrogen-bond donors (Lipinski definition) is 1. The van der Waals surface area contributed by atoms with Crippen LogP contribution in [0.2, 0.25) is 0 Å². The lowest BCUT2D eigenvalue weighted by Crippen LogP contribution is -2.70. The van der Waals surface area contributed by atoms with Gasteiger partial charge in [-0.3, -0.25) is 0 Å². The number of aliphatic hydroxyl groups excluding tert-OH is 1. The Hall–Kier alpha value is -9.22. The molecule has 16 nitrogen and oxygen atoms in total. The van der Waals surface area contributed by atoms with Gasteiger partial charge in [-0.15, -0.1) is 0 Å². The van der Waals surface area contributed by atoms with Gasteiger partial charge in [0.1, 0.15) is 85.5 Å². The second-order valence-corrected chi connectivity index (χ2v) is 28.1. The predicted octanol–water partition coefficient (Wildman–Crippen LogP) is 16.3. The van der Waals surface area contributed by atoms with Gasteiger partial charge in [0.05, 0.1) is 85.9 Å². The second-order valence-electron chi connectivity index (χ2n) is 28.1. The molecule has 2 aliphatic heterocycles. The van der Waals surface area contributed by atoms with Crippen LogP contribution < -0.4 is 0 Å². The van der Waals surface area contributed by atoms with E-state index in [-0.39, 0.29) is 85.9 Å². The van der Waals surface area contributed by atoms with E-state index in [1.165, 1.54) is 0 Å². The van der Waals surface area contributed by atoms with Crippen LogP contribution in [-0.4, -0.2) is 116 Å². The molecule has 11 aromatic rings. The van der Waals surface area contributed by atoms with Gasteiger partial charge in [-0.05, 0) is 61.2 Å². The van der Waals surface area contributed by atoms with E-state index < -0.39 is 98.0 Å². The first-order valence-electron chi connectivity index (χ1n) is 38.4. The minimum atomic E-state index is -1.67. The van der Waals surface area contributed by atoms with E-state index in [0.29, 0.717) is 0 Å². The molecular formula is C95H98O16. The summed E-state index contributed by atoms with van der Waals surface area (Å²) in [7, 11) is 0. The van der Waals surface area contributed by atoms with E-state index in [9.17, 15) is 5.11 Å². The van der Waals surface area contributed by atoms with Crippen molar-refractivity contribution in [3.05, 3.63) is 395 Å². The van der Waals surface area contributed by atoms with Crippen molar-refractivity contribution in [1.82, 2.24) is 0 Å². The number of benzene rings is 11. The standard InChI is InChI=1S/C95H98O16/c96-82-85(110-94-92(106-65-78-52-30-10-31-53-78)87(101-60-73-42-20-5-21-43-73)83(99-58-71-38-16-3-17-39-71)80(108-94)67-97-56-69-34-12-1-13-35-69)89(103-62-75-46-24-7-25-47-75)91(105-64-77-50-28-9-29-51-77)90(104-63-76-48-26-8-27-49-76)86(82)111-95-93(107-66-79-54-32-11-33-55-79)88(102-61-74-44-22-6-23-45-74)84(100-59-72-40-18-4-19-41-72)81(109-95)68-98-57-70-36-14-2-15-37-70/h1-55,80-96H,56-68H2/t80?,81?,82?,83-,84-,85?,86?,87+,88?,89?,90-,91?,92?,93-,94-,95-/m1/s1. The highest BCUT2D eigenvalue weighted by molar-refractivity contribution is 5.23. The molecule has 9 unspecified atom stereocenters. The maximum atomic E-state index is 14.5. The lowest BCUT2D eigenvalue weighted by Gasteiger charge is -2.53. The zero-order chi connectivity index (χ0) is 75.3. The van der Waals surface area contributed by atoms with Crippen molar-refractivity contribution in [3.63, 3.8) is 0 Å². The Bertz CT molecular complexity index is 4090. The molecular weight excluding hydrogens is 1400 g/mol. The minimum absolute atomic E-state index is 0.0269. The molecule has 11 aromatic carbocycles. The first-order chi connectivity index (χ1) is 55.0. The number of rotatable bonds is 39. The molecule has 14 rings (SSSR count). The Labute approximate surface area is 651 Å². The Morgan fingerprint density at radius 3 is 0.559 bits per heavy atom. The smallest absolute Gasteiger partial charge is 0.187 e. The summed E-state index contributed by atoms with van der Waals surface area (Å²) in [5.41, 5.74) is 10.00. The van der Waals surface area contributed by atoms with Crippen molar-refractivity contribution >= 4 is 0 Å². The van der Waals surface area contributed by atoms with Crippen LogP contribution in [0.1, 0.15) is 61.2 Å². The van der Waals surface area contributed by atoms with Crippen molar-refractivity contribution in [3.8, 4) is 0 Å². The van der Waals surface area contributed by atoms with Gasteiger partial charge >= 0.3 is 0 Å². The Morgan fingerprint density at radius 2 is 0.351 bits per heavy atom. The van der Waals surface area contributed by atoms with Gasteiger partial charge in [0, 0.05) is 0 Å². The van der Waals surface area contributed by atoms with Gasteiger partial charge < -0.3 is 76.2 Å². The Kier molecular flexibility index (Phi) is 29.6. The topological polar surface area (TPSA) is 159 Å². The summed E-state index contributed by atoms with van der Waals surface area (Å²) in [6.07, 6.45) is -18.1. The first-order valence-corrected chi connectivity index (χ1v) is 38.4. The monoisotopic (exact) mass is 1490 g/mol. The summed E-state index contributed by atoms with van der Waals surface area (Å²) >= 11 is 0. The highest BCUT2D eigenvalue weighted by atomic mass is 16.8. The third-order valence-electron chi connectivity index (χ3n) is 20.1. The summed E-state index contributed by atoms with van der Waals surface area (Å²) in [5.74, 6) is 0. The molecule has 1 aliphatic carbocycles. The Morgan fingerprint density at radius 1 is 0.189 bits per heavy atom. The predicted molar refractivity (Wildman–Crippen MR) is 420 cm³/mol. The van der Waals surface area contributed by atoms with E-state index in [1.54, 1.807) is 0 Å². The fourth-order valence-corrected chi connectivity index (χ4v) is 14.3. The van der Waals surface area contributed by atoms with Crippen LogP contribution in [0.3, 0.4) is 0 Å². The molecule has 16 heteroatoms. The fourth-order valence-electron chi connectivity index (χ4n) is 14.3. The number of aliphatic hydroxyl groups is 1. The normalized spacial score (nSPS) is 24.6. The molecule has 2 heterocycles. The van der Waals surface area contributed by atoms with Gasteiger partial charge in [0.2, 0.25) is 0 Å². The molecule has 0 bridgehead atoms. The second kappa shape index (κ2) is 41.9. The van der Waals surface area contributed by atoms with Crippen molar-refractivity contribution in [2.75, 3.05) is 13.2 Å². The minimum Gasteiger partial charge on any atom is -0.387 e. The summed E-state index contributed by atoms with van der Waals surface area (Å²) in [5, 5.41) is 14.5. The van der Waals surface area contributed by atoms with Gasteiger partial charge in [-0.1, -0.05) is 334 Å². The van der Waals surface area contributed by atoms with Crippen molar-refractivity contribution in [2.45, 2.75) is 171 Å². The number of ether oxygens (including phenoxy) is 15. The van der Waals surface area contributed by atoms with E-state index in [0.717, 1.165) is 61.2 Å². The van der Waals surface area contributed by atoms with Crippen LogP contribution in [0.5, 0.6) is 0 Å². The van der Waals surface area contributed by atoms with Crippen LogP contribution in [0.25, 0.3) is 0 Å². The zero-order valence-corrected chi connectivity index (χ0v) is 62.3. The van der Waals surface area contributed by atoms with Gasteiger partial charge in [0.25, 0.3) is 0 Å². The van der Waals surface area contributed by atoms with E-state index >= 15 is 0 Å². The largest absolute Gasteiger partial charge is 0.387 e. The molecule has 0 radical (unpaired) electrons. The third-order valence-corrected chi connectivity index (χ3v) is 20.1. The van der Waals surface area contributed by atoms with Crippen molar-refractivity contribution in [1.29, 1.82) is 0 Å². The lowest BCUT2D eigenvalue weighted by molar-refractivity contribution is -0.381. The fraction of sp³-hybridized carbons (Fsp3) is 0.305. The molecule has 16 atom stereocenters. The summed E-state index contributed by atoms with van der Waals surface area (Å²) in [6, 6.07) is 110. The van der Waals surface area contributed by atoms with Crippen molar-refractivity contribution < 1.29 is 76.2 Å². The quantitative estimate of drug-likeness (QED) is 0.0387. The number of hydrogen-bond acceptors (Lipinski definition) is 16. The average molecular weight is 1500 g/mol. The summed E-state index contributed by atoms with van der Waals surface area (Å²) in [6.45, 7) is 1.71. The van der Waals surface area contributed by atoms with E-state index in [1.807, 2.05) is 334 Å². The molecule has 0 amide bonds. The van der Waals surface area contributed by atoms with Gasteiger partial charge in [0.15, 0.2) is 12.6 Å². The molecule has 1 saturated carbocycles. The third kappa shape index (κ3) is 22.8. The lowest BCUT2D eigenvalue weighted by atomic mass is 9.83. The maximum absolute atomic E-state index is 14.5. The van der Waals surface area contributed by atoms with Crippen LogP contribution in [0.4, 0.5) is 0 Å².